The van der Waals surface area contributed by atoms with Crippen molar-refractivity contribution in [3.8, 4) is 5.75 Å². The normalized spacial score (nSPS) is 12.1. The molecular weight excluding hydrogens is 388 g/mol. The van der Waals surface area contributed by atoms with Gasteiger partial charge >= 0.3 is 10.1 Å². The first kappa shape index (κ1) is 15.8. The molecule has 122 valence electrons. The third-order valence-electron chi connectivity index (χ3n) is 3.36. The van der Waals surface area contributed by atoms with Gasteiger partial charge in [0.05, 0.1) is 26.1 Å². The molecule has 0 aliphatic rings. The summed E-state index contributed by atoms with van der Waals surface area (Å²) in [5.41, 5.74) is 0.875. The lowest BCUT2D eigenvalue weighted by atomic mass is 10.2. The zero-order valence-electron chi connectivity index (χ0n) is 12.2. The highest BCUT2D eigenvalue weighted by molar-refractivity contribution is 7.87. The first-order chi connectivity index (χ1) is 11.4. The summed E-state index contributed by atoms with van der Waals surface area (Å²) < 4.78 is 32.2. The highest BCUT2D eigenvalue weighted by Gasteiger charge is 2.21. The van der Waals surface area contributed by atoms with Gasteiger partial charge in [0.2, 0.25) is 0 Å². The van der Waals surface area contributed by atoms with E-state index < -0.39 is 10.1 Å². The summed E-state index contributed by atoms with van der Waals surface area (Å²) in [6.45, 7) is 1.92. The van der Waals surface area contributed by atoms with Gasteiger partial charge in [0.15, 0.2) is 5.75 Å². The van der Waals surface area contributed by atoms with Gasteiger partial charge in [0, 0.05) is 11.5 Å². The molecule has 0 unspecified atom stereocenters. The van der Waals surface area contributed by atoms with Crippen molar-refractivity contribution in [2.24, 2.45) is 0 Å². The molecule has 0 atom stereocenters. The van der Waals surface area contributed by atoms with Gasteiger partial charge in [-0.1, -0.05) is 11.6 Å². The average molecular weight is 397 g/mol. The maximum Gasteiger partial charge on any atom is 0.340 e. The van der Waals surface area contributed by atoms with Gasteiger partial charge in [0.25, 0.3) is 0 Å². The molecule has 0 saturated carbocycles. The van der Waals surface area contributed by atoms with Crippen molar-refractivity contribution < 1.29 is 12.6 Å². The number of thiophene rings is 1. The number of hydrogen-bond acceptors (Lipinski definition) is 7. The van der Waals surface area contributed by atoms with Crippen LogP contribution in [0.15, 0.2) is 40.7 Å². The van der Waals surface area contributed by atoms with E-state index in [2.05, 4.69) is 9.97 Å². The topological polar surface area (TPSA) is 69.2 Å². The SMILES string of the molecule is Cc1nc2c(cc(OS(=O)(=O)c3ccc(Cl)nc3)c3ccsc32)s1. The third-order valence-corrected chi connectivity index (χ3v) is 6.64. The summed E-state index contributed by atoms with van der Waals surface area (Å²) in [6, 6.07) is 6.33. The van der Waals surface area contributed by atoms with E-state index in [0.29, 0.717) is 0 Å². The number of aromatic nitrogens is 2. The number of aryl methyl sites for hydroxylation is 1. The number of benzene rings is 1. The van der Waals surface area contributed by atoms with Crippen LogP contribution in [0, 0.1) is 6.92 Å². The van der Waals surface area contributed by atoms with E-state index in [-0.39, 0.29) is 15.8 Å². The first-order valence-electron chi connectivity index (χ1n) is 6.77. The van der Waals surface area contributed by atoms with Crippen molar-refractivity contribution in [2.45, 2.75) is 11.8 Å². The maximum atomic E-state index is 12.5. The van der Waals surface area contributed by atoms with Crippen molar-refractivity contribution in [2.75, 3.05) is 0 Å². The Morgan fingerprint density at radius 2 is 2.08 bits per heavy atom. The van der Waals surface area contributed by atoms with E-state index in [1.54, 1.807) is 6.07 Å². The number of pyridine rings is 1. The quantitative estimate of drug-likeness (QED) is 0.373. The van der Waals surface area contributed by atoms with Crippen LogP contribution in [0.5, 0.6) is 5.75 Å². The third kappa shape index (κ3) is 2.65. The number of nitrogens with zero attached hydrogens (tertiary/aromatic N) is 2. The largest absolute Gasteiger partial charge is 0.378 e. The standard InChI is InChI=1S/C15H9ClN2O3S3/c1-8-18-14-12(23-8)6-11(10-4-5-22-15(10)14)21-24(19,20)9-2-3-13(16)17-7-9/h2-7H,1H3. The Hall–Kier alpha value is -1.74. The van der Waals surface area contributed by atoms with E-state index in [1.165, 1.54) is 41.0 Å². The fraction of sp³-hybridized carbons (Fsp3) is 0.0667. The van der Waals surface area contributed by atoms with Crippen LogP contribution in [-0.4, -0.2) is 18.4 Å². The van der Waals surface area contributed by atoms with Crippen LogP contribution in [0.3, 0.4) is 0 Å². The molecule has 0 radical (unpaired) electrons. The fourth-order valence-corrected chi connectivity index (χ4v) is 5.16. The maximum absolute atomic E-state index is 12.5. The molecule has 4 aromatic rings. The Labute approximate surface area is 150 Å². The molecule has 0 aliphatic carbocycles. The highest BCUT2D eigenvalue weighted by atomic mass is 35.5. The molecule has 0 spiro atoms. The van der Waals surface area contributed by atoms with E-state index in [0.717, 1.165) is 25.3 Å². The molecule has 24 heavy (non-hydrogen) atoms. The summed E-state index contributed by atoms with van der Waals surface area (Å²) in [4.78, 5) is 8.27. The predicted molar refractivity (Wildman–Crippen MR) is 96.8 cm³/mol. The van der Waals surface area contributed by atoms with Gasteiger partial charge in [-0.2, -0.15) is 8.42 Å². The second-order valence-corrected chi connectivity index (χ2v) is 9.06. The fourth-order valence-electron chi connectivity index (χ4n) is 2.33. The molecule has 9 heteroatoms. The molecule has 0 bridgehead atoms. The summed E-state index contributed by atoms with van der Waals surface area (Å²) in [6.07, 6.45) is 1.18. The minimum Gasteiger partial charge on any atom is -0.378 e. The summed E-state index contributed by atoms with van der Waals surface area (Å²) in [5, 5.41) is 3.75. The van der Waals surface area contributed by atoms with Gasteiger partial charge in [-0.25, -0.2) is 9.97 Å². The van der Waals surface area contributed by atoms with Crippen molar-refractivity contribution in [3.05, 3.63) is 46.0 Å². The molecule has 0 saturated heterocycles. The van der Waals surface area contributed by atoms with E-state index >= 15 is 0 Å². The summed E-state index contributed by atoms with van der Waals surface area (Å²) >= 11 is 8.71. The molecule has 0 aliphatic heterocycles. The highest BCUT2D eigenvalue weighted by Crippen LogP contribution is 2.39. The van der Waals surface area contributed by atoms with Gasteiger partial charge in [-0.3, -0.25) is 0 Å². The monoisotopic (exact) mass is 396 g/mol. The number of rotatable bonds is 3. The molecule has 3 heterocycles. The first-order valence-corrected chi connectivity index (χ1v) is 10.3. The Morgan fingerprint density at radius 1 is 1.25 bits per heavy atom. The molecule has 0 amide bonds. The van der Waals surface area contributed by atoms with Crippen LogP contribution < -0.4 is 4.18 Å². The van der Waals surface area contributed by atoms with Crippen LogP contribution in [-0.2, 0) is 10.1 Å². The minimum atomic E-state index is -3.99. The van der Waals surface area contributed by atoms with E-state index in [4.69, 9.17) is 15.8 Å². The molecule has 4 rings (SSSR count). The van der Waals surface area contributed by atoms with Crippen LogP contribution in [0.2, 0.25) is 5.15 Å². The van der Waals surface area contributed by atoms with Crippen LogP contribution in [0.1, 0.15) is 5.01 Å². The minimum absolute atomic E-state index is 0.0455. The lowest BCUT2D eigenvalue weighted by Crippen LogP contribution is -2.10. The molecular formula is C15H9ClN2O3S3. The number of thiazole rings is 1. The van der Waals surface area contributed by atoms with Crippen molar-refractivity contribution >= 4 is 64.7 Å². The zero-order chi connectivity index (χ0) is 16.9. The second-order valence-electron chi connectivity index (χ2n) is 4.97. The lowest BCUT2D eigenvalue weighted by Gasteiger charge is -2.08. The van der Waals surface area contributed by atoms with Crippen molar-refractivity contribution in [3.63, 3.8) is 0 Å². The van der Waals surface area contributed by atoms with E-state index in [1.807, 2.05) is 18.4 Å². The number of fused-ring (bicyclic) bond motifs is 3. The van der Waals surface area contributed by atoms with Crippen LogP contribution in [0.4, 0.5) is 0 Å². The summed E-state index contributed by atoms with van der Waals surface area (Å²) in [5.74, 6) is 0.289. The molecule has 0 N–H and O–H groups in total. The van der Waals surface area contributed by atoms with Crippen molar-refractivity contribution in [1.29, 1.82) is 0 Å². The Morgan fingerprint density at radius 3 is 2.83 bits per heavy atom. The zero-order valence-corrected chi connectivity index (χ0v) is 15.4. The Kier molecular flexibility index (Phi) is 3.72. The molecule has 1 aromatic carbocycles. The Balaban J connectivity index is 1.86. The van der Waals surface area contributed by atoms with Gasteiger partial charge in [-0.15, -0.1) is 22.7 Å². The van der Waals surface area contributed by atoms with Gasteiger partial charge in [-0.05, 0) is 30.5 Å². The molecule has 0 fully saturated rings. The van der Waals surface area contributed by atoms with Gasteiger partial charge in [0.1, 0.15) is 10.0 Å². The lowest BCUT2D eigenvalue weighted by molar-refractivity contribution is 0.488. The molecule has 3 aromatic heterocycles. The van der Waals surface area contributed by atoms with Crippen molar-refractivity contribution in [1.82, 2.24) is 9.97 Å². The van der Waals surface area contributed by atoms with Crippen LogP contribution >= 0.6 is 34.3 Å². The molecule has 5 nitrogen and oxygen atoms in total. The predicted octanol–water partition coefficient (Wildman–Crippen LogP) is 4.64. The second kappa shape index (κ2) is 5.66. The average Bonchev–Trinajstić information content (AvgIpc) is 3.13. The van der Waals surface area contributed by atoms with E-state index in [9.17, 15) is 8.42 Å². The van der Waals surface area contributed by atoms with Crippen LogP contribution in [0.25, 0.3) is 20.3 Å². The number of hydrogen-bond donors (Lipinski definition) is 0. The Bertz CT molecular complexity index is 1160. The number of halogens is 1. The summed E-state index contributed by atoms with van der Waals surface area (Å²) in [7, 11) is -3.99. The van der Waals surface area contributed by atoms with Gasteiger partial charge < -0.3 is 4.18 Å². The smallest absolute Gasteiger partial charge is 0.340 e.